The average molecular weight is 406 g/mol. The number of carboxylic acids is 1. The number of hydrogen-bond donors (Lipinski definition) is 3. The number of carboxylic acid groups (broad SMARTS) is 1. The number of halogens is 2. The molecule has 3 rings (SSSR count). The molecule has 6 nitrogen and oxygen atoms in total. The van der Waals surface area contributed by atoms with Crippen molar-refractivity contribution < 1.29 is 15.0 Å². The van der Waals surface area contributed by atoms with Gasteiger partial charge in [0.25, 0.3) is 0 Å². The van der Waals surface area contributed by atoms with Gasteiger partial charge in [-0.3, -0.25) is 4.79 Å². The number of aromatic nitrogens is 2. The van der Waals surface area contributed by atoms with Crippen molar-refractivity contribution in [2.75, 3.05) is 0 Å². The van der Waals surface area contributed by atoms with Gasteiger partial charge in [-0.15, -0.1) is 0 Å². The van der Waals surface area contributed by atoms with Crippen molar-refractivity contribution in [3.8, 4) is 11.4 Å². The zero-order valence-electron chi connectivity index (χ0n) is 14.1. The van der Waals surface area contributed by atoms with E-state index in [2.05, 4.69) is 5.10 Å². The highest BCUT2D eigenvalue weighted by Crippen LogP contribution is 2.28. The van der Waals surface area contributed by atoms with Crippen LogP contribution in [0.4, 0.5) is 0 Å². The van der Waals surface area contributed by atoms with Gasteiger partial charge in [0.05, 0.1) is 28.9 Å². The molecule has 4 N–H and O–H groups in total. The topological polar surface area (TPSA) is 101 Å². The second-order valence-corrected chi connectivity index (χ2v) is 6.96. The van der Waals surface area contributed by atoms with Gasteiger partial charge in [-0.2, -0.15) is 5.10 Å². The molecule has 0 aliphatic rings. The number of carbonyl (C=O) groups is 1. The van der Waals surface area contributed by atoms with Gasteiger partial charge in [0.1, 0.15) is 5.75 Å². The molecule has 0 bridgehead atoms. The molecule has 0 radical (unpaired) electrons. The zero-order valence-corrected chi connectivity index (χ0v) is 15.7. The summed E-state index contributed by atoms with van der Waals surface area (Å²) < 4.78 is 1.64. The van der Waals surface area contributed by atoms with Crippen molar-refractivity contribution in [1.82, 2.24) is 9.78 Å². The predicted molar refractivity (Wildman–Crippen MR) is 104 cm³/mol. The monoisotopic (exact) mass is 405 g/mol. The Balaban J connectivity index is 2.04. The zero-order chi connectivity index (χ0) is 19.6. The quantitative estimate of drug-likeness (QED) is 0.576. The standard InChI is InChI=1S/C19H17Cl2N3O3/c20-12-3-6-18(15(21)8-12)24-13(7-11-1-4-14(25)5-2-11)9-17(23-24)16(22)10-19(26)27/h1-6,8-9,16,25H,7,10,22H2,(H,26,27). The Hall–Kier alpha value is -2.54. The van der Waals surface area contributed by atoms with Crippen LogP contribution in [0.1, 0.15) is 29.4 Å². The molecule has 1 atom stereocenters. The molecule has 0 spiro atoms. The van der Waals surface area contributed by atoms with Crippen LogP contribution in [0.3, 0.4) is 0 Å². The third kappa shape index (κ3) is 4.60. The lowest BCUT2D eigenvalue weighted by atomic mass is 10.1. The smallest absolute Gasteiger partial charge is 0.305 e. The number of rotatable bonds is 6. The van der Waals surface area contributed by atoms with Crippen LogP contribution >= 0.6 is 23.2 Å². The van der Waals surface area contributed by atoms with Gasteiger partial charge >= 0.3 is 5.97 Å². The number of nitrogens with two attached hydrogens (primary N) is 1. The summed E-state index contributed by atoms with van der Waals surface area (Å²) in [6.45, 7) is 0. The van der Waals surface area contributed by atoms with E-state index in [-0.39, 0.29) is 12.2 Å². The second-order valence-electron chi connectivity index (χ2n) is 6.12. The van der Waals surface area contributed by atoms with Crippen molar-refractivity contribution in [1.29, 1.82) is 0 Å². The van der Waals surface area contributed by atoms with E-state index in [0.29, 0.717) is 27.8 Å². The summed E-state index contributed by atoms with van der Waals surface area (Å²) in [6, 6.07) is 12.9. The van der Waals surface area contributed by atoms with E-state index in [1.807, 2.05) is 0 Å². The number of hydrogen-bond acceptors (Lipinski definition) is 4. The molecule has 1 heterocycles. The van der Waals surface area contributed by atoms with E-state index < -0.39 is 12.0 Å². The van der Waals surface area contributed by atoms with Gasteiger partial charge in [0, 0.05) is 17.1 Å². The van der Waals surface area contributed by atoms with E-state index in [9.17, 15) is 9.90 Å². The molecule has 140 valence electrons. The van der Waals surface area contributed by atoms with Crippen molar-refractivity contribution in [3.05, 3.63) is 75.5 Å². The molecule has 2 aromatic carbocycles. The highest BCUT2D eigenvalue weighted by Gasteiger charge is 2.19. The molecule has 1 unspecified atom stereocenters. The first-order valence-corrected chi connectivity index (χ1v) is 8.88. The Kier molecular flexibility index (Phi) is 5.70. The van der Waals surface area contributed by atoms with Crippen LogP contribution in [0.2, 0.25) is 10.0 Å². The third-order valence-electron chi connectivity index (χ3n) is 4.04. The normalized spacial score (nSPS) is 12.1. The molecule has 3 aromatic rings. The van der Waals surface area contributed by atoms with E-state index in [1.54, 1.807) is 53.2 Å². The van der Waals surface area contributed by atoms with Crippen LogP contribution in [0, 0.1) is 0 Å². The summed E-state index contributed by atoms with van der Waals surface area (Å²) in [5.74, 6) is -0.821. The molecule has 0 saturated carbocycles. The molecule has 27 heavy (non-hydrogen) atoms. The fraction of sp³-hybridized carbons (Fsp3) is 0.158. The Bertz CT molecular complexity index is 971. The lowest BCUT2D eigenvalue weighted by Crippen LogP contribution is -2.16. The molecule has 8 heteroatoms. The summed E-state index contributed by atoms with van der Waals surface area (Å²) >= 11 is 12.3. The molecule has 1 aromatic heterocycles. The van der Waals surface area contributed by atoms with Gasteiger partial charge in [0.15, 0.2) is 0 Å². The number of aliphatic carboxylic acids is 1. The highest BCUT2D eigenvalue weighted by atomic mass is 35.5. The molecular weight excluding hydrogens is 389 g/mol. The van der Waals surface area contributed by atoms with Gasteiger partial charge in [-0.1, -0.05) is 35.3 Å². The minimum atomic E-state index is -0.998. The van der Waals surface area contributed by atoms with E-state index >= 15 is 0 Å². The van der Waals surface area contributed by atoms with Gasteiger partial charge in [-0.05, 0) is 42.0 Å². The predicted octanol–water partition coefficient (Wildman–Crippen LogP) is 3.95. The molecule has 0 aliphatic heterocycles. The third-order valence-corrected chi connectivity index (χ3v) is 4.57. The Morgan fingerprint density at radius 1 is 1.15 bits per heavy atom. The number of benzene rings is 2. The van der Waals surface area contributed by atoms with Crippen LogP contribution in [0.5, 0.6) is 5.75 Å². The summed E-state index contributed by atoms with van der Waals surface area (Å²) in [5.41, 5.74) is 8.78. The first kappa shape index (κ1) is 19.2. The average Bonchev–Trinajstić information content (AvgIpc) is 3.00. The van der Waals surface area contributed by atoms with Crippen LogP contribution in [0.25, 0.3) is 5.69 Å². The SMILES string of the molecule is NC(CC(=O)O)c1cc(Cc2ccc(O)cc2)n(-c2ccc(Cl)cc2Cl)n1. The lowest BCUT2D eigenvalue weighted by molar-refractivity contribution is -0.137. The summed E-state index contributed by atoms with van der Waals surface area (Å²) in [7, 11) is 0. The summed E-state index contributed by atoms with van der Waals surface area (Å²) in [6.07, 6.45) is 0.260. The first-order chi connectivity index (χ1) is 12.8. The van der Waals surface area contributed by atoms with E-state index in [1.165, 1.54) is 0 Å². The lowest BCUT2D eigenvalue weighted by Gasteiger charge is -2.10. The van der Waals surface area contributed by atoms with Gasteiger partial charge in [-0.25, -0.2) is 4.68 Å². The largest absolute Gasteiger partial charge is 0.508 e. The Labute approximate surface area is 165 Å². The molecule has 0 aliphatic carbocycles. The van der Waals surface area contributed by atoms with E-state index in [4.69, 9.17) is 34.0 Å². The Morgan fingerprint density at radius 2 is 1.85 bits per heavy atom. The minimum Gasteiger partial charge on any atom is -0.508 e. The highest BCUT2D eigenvalue weighted by molar-refractivity contribution is 6.35. The van der Waals surface area contributed by atoms with Crippen molar-refractivity contribution in [3.63, 3.8) is 0 Å². The first-order valence-electron chi connectivity index (χ1n) is 8.13. The van der Waals surface area contributed by atoms with Gasteiger partial charge < -0.3 is 15.9 Å². The Morgan fingerprint density at radius 3 is 2.48 bits per heavy atom. The van der Waals surface area contributed by atoms with Crippen LogP contribution < -0.4 is 5.73 Å². The van der Waals surface area contributed by atoms with Crippen LogP contribution in [-0.2, 0) is 11.2 Å². The second kappa shape index (κ2) is 8.00. The maximum Gasteiger partial charge on any atom is 0.305 e. The van der Waals surface area contributed by atoms with Crippen molar-refractivity contribution >= 4 is 29.2 Å². The summed E-state index contributed by atoms with van der Waals surface area (Å²) in [4.78, 5) is 11.0. The fourth-order valence-electron chi connectivity index (χ4n) is 2.72. The number of phenols is 1. The minimum absolute atomic E-state index is 0.178. The van der Waals surface area contributed by atoms with Crippen molar-refractivity contribution in [2.24, 2.45) is 5.73 Å². The maximum atomic E-state index is 11.0. The van der Waals surface area contributed by atoms with Gasteiger partial charge in [0.2, 0.25) is 0 Å². The van der Waals surface area contributed by atoms with E-state index in [0.717, 1.165) is 11.3 Å². The number of aromatic hydroxyl groups is 1. The van der Waals surface area contributed by atoms with Crippen molar-refractivity contribution in [2.45, 2.75) is 18.9 Å². The number of nitrogens with zero attached hydrogens (tertiary/aromatic N) is 2. The van der Waals surface area contributed by atoms with Crippen LogP contribution in [0.15, 0.2) is 48.5 Å². The number of phenolic OH excluding ortho intramolecular Hbond substituents is 1. The molecule has 0 saturated heterocycles. The summed E-state index contributed by atoms with van der Waals surface area (Å²) in [5, 5.41) is 23.9. The molecule has 0 amide bonds. The van der Waals surface area contributed by atoms with Crippen LogP contribution in [-0.4, -0.2) is 26.0 Å². The molecule has 0 fully saturated rings. The maximum absolute atomic E-state index is 11.0. The fourth-order valence-corrected chi connectivity index (χ4v) is 3.21. The molecular formula is C19H17Cl2N3O3.